The second-order valence-corrected chi connectivity index (χ2v) is 1.49. The molecule has 0 saturated carbocycles. The summed E-state index contributed by atoms with van der Waals surface area (Å²) in [6.45, 7) is -0.250. The zero-order valence-electron chi connectivity index (χ0n) is 3.22. The zero-order valence-corrected chi connectivity index (χ0v) is 4.79. The molecule has 0 aliphatic rings. The Labute approximate surface area is 45.0 Å². The summed E-state index contributed by atoms with van der Waals surface area (Å²) in [5, 5.41) is 6.89. The highest BCUT2D eigenvalue weighted by Gasteiger charge is 1.37. The van der Waals surface area contributed by atoms with Crippen LogP contribution in [0.1, 0.15) is 0 Å². The van der Waals surface area contributed by atoms with Crippen LogP contribution in [0.25, 0.3) is 0 Å². The summed E-state index contributed by atoms with van der Waals surface area (Å²) in [4.78, 5) is 8.36. The molecule has 0 aromatic heterocycles. The topological polar surface area (TPSA) is 37.3 Å². The van der Waals surface area contributed by atoms with Crippen LogP contribution < -0.4 is 0 Å². The van der Waals surface area contributed by atoms with Crippen molar-refractivity contribution in [2.75, 3.05) is 6.26 Å². The van der Waals surface area contributed by atoms with Crippen molar-refractivity contribution in [2.24, 2.45) is 0 Å². The quantitative estimate of drug-likeness (QED) is 0.499. The lowest BCUT2D eigenvalue weighted by Gasteiger charge is -1.46. The molecule has 0 rings (SSSR count). The monoisotopic (exact) mass is 128 g/mol. The van der Waals surface area contributed by atoms with Crippen LogP contribution in [0, 0.1) is 0 Å². The maximum Gasteiger partial charge on any atom is 0.290 e. The molecule has 0 atom stereocenters. The smallest absolute Gasteiger partial charge is 0.290 e. The standard InChI is InChI=1S/CH3ClS.CH2O2/c1-3-2;2-1-3/h1H3;1H,(H,2,3). The molecular formula is C2H5ClO2S. The first kappa shape index (κ1) is 9.44. The van der Waals surface area contributed by atoms with Crippen LogP contribution in [0.15, 0.2) is 0 Å². The molecule has 0 aromatic carbocycles. The average molecular weight is 129 g/mol. The summed E-state index contributed by atoms with van der Waals surface area (Å²) >= 11 is 0. The van der Waals surface area contributed by atoms with Crippen LogP contribution >= 0.6 is 21.7 Å². The van der Waals surface area contributed by atoms with E-state index in [0.29, 0.717) is 0 Å². The van der Waals surface area contributed by atoms with E-state index in [2.05, 4.69) is 0 Å². The lowest BCUT2D eigenvalue weighted by atomic mass is 11.7. The molecule has 0 bridgehead atoms. The Hall–Kier alpha value is 0.110. The van der Waals surface area contributed by atoms with E-state index in [-0.39, 0.29) is 6.47 Å². The van der Waals surface area contributed by atoms with Crippen molar-refractivity contribution in [3.05, 3.63) is 0 Å². The minimum atomic E-state index is -0.250. The average Bonchev–Trinajstić information content (AvgIpc) is 1.39. The van der Waals surface area contributed by atoms with E-state index in [4.69, 9.17) is 20.6 Å². The Balaban J connectivity index is 0. The molecule has 0 heterocycles. The molecule has 38 valence electrons. The maximum absolute atomic E-state index is 8.36. The van der Waals surface area contributed by atoms with Crippen LogP contribution in [0.2, 0.25) is 0 Å². The highest BCUT2D eigenvalue weighted by atomic mass is 35.7. The van der Waals surface area contributed by atoms with Crippen LogP contribution in [0.4, 0.5) is 0 Å². The van der Waals surface area contributed by atoms with Crippen molar-refractivity contribution in [3.8, 4) is 0 Å². The van der Waals surface area contributed by atoms with Gasteiger partial charge in [-0.1, -0.05) is 11.0 Å². The fourth-order valence-corrected chi connectivity index (χ4v) is 0. The highest BCUT2D eigenvalue weighted by molar-refractivity contribution is 8.20. The van der Waals surface area contributed by atoms with Gasteiger partial charge in [0.1, 0.15) is 0 Å². The Bertz CT molecular complexity index is 25.5. The van der Waals surface area contributed by atoms with Crippen LogP contribution in [-0.2, 0) is 4.79 Å². The summed E-state index contributed by atoms with van der Waals surface area (Å²) < 4.78 is 0. The molecule has 2 nitrogen and oxygen atoms in total. The van der Waals surface area contributed by atoms with E-state index in [1.54, 1.807) is 0 Å². The van der Waals surface area contributed by atoms with E-state index >= 15 is 0 Å². The van der Waals surface area contributed by atoms with Gasteiger partial charge in [-0.3, -0.25) is 4.79 Å². The van der Waals surface area contributed by atoms with Gasteiger partial charge in [0.2, 0.25) is 0 Å². The van der Waals surface area contributed by atoms with Crippen molar-refractivity contribution in [3.63, 3.8) is 0 Å². The molecule has 0 fully saturated rings. The van der Waals surface area contributed by atoms with Crippen molar-refractivity contribution >= 4 is 28.1 Å². The molecule has 0 spiro atoms. The first-order valence-corrected chi connectivity index (χ1v) is 3.11. The largest absolute Gasteiger partial charge is 0.483 e. The summed E-state index contributed by atoms with van der Waals surface area (Å²) in [6, 6.07) is 0. The van der Waals surface area contributed by atoms with Gasteiger partial charge in [0, 0.05) is 0 Å². The van der Waals surface area contributed by atoms with Gasteiger partial charge in [0.15, 0.2) is 0 Å². The normalized spacial score (nSPS) is 5.00. The molecule has 0 saturated heterocycles. The number of hydrogen-bond acceptors (Lipinski definition) is 2. The van der Waals surface area contributed by atoms with Crippen molar-refractivity contribution in [1.82, 2.24) is 0 Å². The molecule has 1 N–H and O–H groups in total. The Kier molecular flexibility index (Phi) is 30.5. The van der Waals surface area contributed by atoms with Crippen LogP contribution in [0.3, 0.4) is 0 Å². The number of hydrogen-bond donors (Lipinski definition) is 1. The number of rotatable bonds is 0. The second-order valence-electron chi connectivity index (χ2n) is 0.260. The van der Waals surface area contributed by atoms with Crippen LogP contribution in [-0.4, -0.2) is 17.8 Å². The van der Waals surface area contributed by atoms with E-state index in [9.17, 15) is 0 Å². The number of halogens is 1. The third-order valence-electron chi connectivity index (χ3n) is 0. The first-order chi connectivity index (χ1) is 2.83. The highest BCUT2D eigenvalue weighted by Crippen LogP contribution is 1.93. The van der Waals surface area contributed by atoms with E-state index in [1.165, 1.54) is 11.0 Å². The maximum atomic E-state index is 8.36. The third-order valence-corrected chi connectivity index (χ3v) is 0. The van der Waals surface area contributed by atoms with E-state index in [1.807, 2.05) is 6.26 Å². The second kappa shape index (κ2) is 19.4. The summed E-state index contributed by atoms with van der Waals surface area (Å²) in [5.74, 6) is 0. The molecule has 0 amide bonds. The van der Waals surface area contributed by atoms with Gasteiger partial charge in [-0.05, 0) is 16.9 Å². The van der Waals surface area contributed by atoms with Gasteiger partial charge >= 0.3 is 0 Å². The summed E-state index contributed by atoms with van der Waals surface area (Å²) in [6.07, 6.45) is 1.81. The zero-order chi connectivity index (χ0) is 5.41. The van der Waals surface area contributed by atoms with Gasteiger partial charge in [-0.15, -0.1) is 0 Å². The minimum absolute atomic E-state index is 0.250. The fourth-order valence-electron chi connectivity index (χ4n) is 0. The summed E-state index contributed by atoms with van der Waals surface area (Å²) in [5.41, 5.74) is 0. The molecule has 0 radical (unpaired) electrons. The van der Waals surface area contributed by atoms with Gasteiger partial charge < -0.3 is 5.11 Å². The number of carboxylic acid groups (broad SMARTS) is 1. The first-order valence-electron chi connectivity index (χ1n) is 1.06. The van der Waals surface area contributed by atoms with E-state index in [0.717, 1.165) is 0 Å². The van der Waals surface area contributed by atoms with Gasteiger partial charge in [0.05, 0.1) is 0 Å². The molecule has 4 heteroatoms. The van der Waals surface area contributed by atoms with Crippen molar-refractivity contribution < 1.29 is 9.90 Å². The summed E-state index contributed by atoms with van der Waals surface area (Å²) in [7, 11) is 6.14. The van der Waals surface area contributed by atoms with Gasteiger partial charge in [-0.2, -0.15) is 0 Å². The van der Waals surface area contributed by atoms with E-state index < -0.39 is 0 Å². The predicted octanol–water partition coefficient (Wildman–Crippen LogP) is 1.20. The number of carbonyl (C=O) groups is 1. The fraction of sp³-hybridized carbons (Fsp3) is 0.500. The van der Waals surface area contributed by atoms with Gasteiger partial charge in [-0.25, -0.2) is 0 Å². The Morgan fingerprint density at radius 2 is 2.00 bits per heavy atom. The lowest BCUT2D eigenvalue weighted by molar-refractivity contribution is -0.122. The Morgan fingerprint density at radius 1 is 2.00 bits per heavy atom. The Morgan fingerprint density at radius 3 is 2.00 bits per heavy atom. The molecule has 0 unspecified atom stereocenters. The predicted molar refractivity (Wildman–Crippen MR) is 28.1 cm³/mol. The van der Waals surface area contributed by atoms with Crippen LogP contribution in [0.5, 0.6) is 0 Å². The molecule has 0 aliphatic heterocycles. The molecule has 0 aliphatic carbocycles. The molecular weight excluding hydrogens is 124 g/mol. The third kappa shape index (κ3) is 3290. The SMILES string of the molecule is CSCl.O=CO. The van der Waals surface area contributed by atoms with Crippen molar-refractivity contribution in [1.29, 1.82) is 0 Å². The minimum Gasteiger partial charge on any atom is -0.483 e. The van der Waals surface area contributed by atoms with Gasteiger partial charge in [0.25, 0.3) is 6.47 Å². The molecule has 0 aromatic rings. The lowest BCUT2D eigenvalue weighted by Crippen LogP contribution is -1.49. The molecule has 6 heavy (non-hydrogen) atoms. The van der Waals surface area contributed by atoms with Crippen molar-refractivity contribution in [2.45, 2.75) is 0 Å².